The molecule has 1 aliphatic rings. The van der Waals surface area contributed by atoms with Crippen LogP contribution in [0.3, 0.4) is 0 Å². The summed E-state index contributed by atoms with van der Waals surface area (Å²) >= 11 is 1.69. The van der Waals surface area contributed by atoms with E-state index in [4.69, 9.17) is 0 Å². The third-order valence-corrected chi connectivity index (χ3v) is 6.26. The Morgan fingerprint density at radius 3 is 2.79 bits per heavy atom. The fourth-order valence-corrected chi connectivity index (χ4v) is 4.58. The van der Waals surface area contributed by atoms with E-state index in [0.29, 0.717) is 5.92 Å². The van der Waals surface area contributed by atoms with Gasteiger partial charge in [-0.3, -0.25) is 4.79 Å². The Labute approximate surface area is 148 Å². The Hall–Kier alpha value is -1.59. The molecular formula is C19H27N3OS. The SMILES string of the molecule is CCN1CCC[C@@H](CNC(=O)c2c(-n3cccc3)sc(C)c2C)C1. The van der Waals surface area contributed by atoms with Crippen LogP contribution in [0.2, 0.25) is 0 Å². The van der Waals surface area contributed by atoms with Gasteiger partial charge in [0.05, 0.1) is 5.56 Å². The quantitative estimate of drug-likeness (QED) is 0.899. The summed E-state index contributed by atoms with van der Waals surface area (Å²) in [5, 5.41) is 4.22. The van der Waals surface area contributed by atoms with Crippen molar-refractivity contribution >= 4 is 17.2 Å². The number of carbonyl (C=O) groups excluding carboxylic acids is 1. The number of likely N-dealkylation sites (tertiary alicyclic amines) is 1. The molecule has 0 aromatic carbocycles. The maximum atomic E-state index is 12.9. The number of nitrogens with one attached hydrogen (secondary N) is 1. The summed E-state index contributed by atoms with van der Waals surface area (Å²) in [5.41, 5.74) is 1.93. The molecule has 0 radical (unpaired) electrons. The van der Waals surface area contributed by atoms with Crippen molar-refractivity contribution in [3.8, 4) is 5.00 Å². The largest absolute Gasteiger partial charge is 0.352 e. The van der Waals surface area contributed by atoms with E-state index >= 15 is 0 Å². The molecule has 130 valence electrons. The van der Waals surface area contributed by atoms with Crippen molar-refractivity contribution < 1.29 is 4.79 Å². The molecule has 1 atom stereocenters. The summed E-state index contributed by atoms with van der Waals surface area (Å²) in [6, 6.07) is 3.99. The lowest BCUT2D eigenvalue weighted by Crippen LogP contribution is -2.40. The number of hydrogen-bond donors (Lipinski definition) is 1. The lowest BCUT2D eigenvalue weighted by molar-refractivity contribution is 0.0933. The number of aryl methyl sites for hydroxylation is 1. The first-order valence-corrected chi connectivity index (χ1v) is 9.65. The average Bonchev–Trinajstić information content (AvgIpc) is 3.22. The topological polar surface area (TPSA) is 37.3 Å². The van der Waals surface area contributed by atoms with Gasteiger partial charge in [0.2, 0.25) is 0 Å². The predicted molar refractivity (Wildman–Crippen MR) is 100 cm³/mol. The Kier molecular flexibility index (Phi) is 5.41. The fraction of sp³-hybridized carbons (Fsp3) is 0.526. The number of piperidine rings is 1. The van der Waals surface area contributed by atoms with E-state index in [-0.39, 0.29) is 5.91 Å². The zero-order chi connectivity index (χ0) is 17.1. The van der Waals surface area contributed by atoms with Crippen LogP contribution in [-0.2, 0) is 0 Å². The summed E-state index contributed by atoms with van der Waals surface area (Å²) in [5.74, 6) is 0.631. The zero-order valence-electron chi connectivity index (χ0n) is 14.8. The summed E-state index contributed by atoms with van der Waals surface area (Å²) in [7, 11) is 0. The van der Waals surface area contributed by atoms with Gasteiger partial charge in [-0.2, -0.15) is 0 Å². The summed E-state index contributed by atoms with van der Waals surface area (Å²) in [6.45, 7) is 10.5. The number of hydrogen-bond acceptors (Lipinski definition) is 3. The summed E-state index contributed by atoms with van der Waals surface area (Å²) < 4.78 is 2.04. The molecule has 0 unspecified atom stereocenters. The highest BCUT2D eigenvalue weighted by atomic mass is 32.1. The van der Waals surface area contributed by atoms with Crippen LogP contribution in [-0.4, -0.2) is 41.6 Å². The number of amides is 1. The first kappa shape index (κ1) is 17.2. The van der Waals surface area contributed by atoms with Gasteiger partial charge in [-0.1, -0.05) is 6.92 Å². The molecule has 0 saturated carbocycles. The standard InChI is InChI=1S/C19H27N3OS/c1-4-21-9-7-8-16(13-21)12-20-18(23)17-14(2)15(3)24-19(17)22-10-5-6-11-22/h5-6,10-11,16H,4,7-9,12-13H2,1-3H3,(H,20,23)/t16-/m0/s1. The second kappa shape index (κ2) is 7.53. The number of rotatable bonds is 5. The van der Waals surface area contributed by atoms with Crippen LogP contribution in [0.25, 0.3) is 5.00 Å². The number of thiophene rings is 1. The summed E-state index contributed by atoms with van der Waals surface area (Å²) in [6.07, 6.45) is 6.45. The molecule has 1 saturated heterocycles. The van der Waals surface area contributed by atoms with E-state index in [1.807, 2.05) is 36.0 Å². The van der Waals surface area contributed by atoms with Crippen LogP contribution < -0.4 is 5.32 Å². The Bertz CT molecular complexity index is 690. The van der Waals surface area contributed by atoms with Crippen molar-refractivity contribution in [2.75, 3.05) is 26.2 Å². The van der Waals surface area contributed by atoms with Crippen molar-refractivity contribution in [2.24, 2.45) is 5.92 Å². The van der Waals surface area contributed by atoms with Gasteiger partial charge in [-0.15, -0.1) is 11.3 Å². The van der Waals surface area contributed by atoms with Gasteiger partial charge in [0, 0.05) is 30.4 Å². The normalized spacial score (nSPS) is 18.7. The number of aromatic nitrogens is 1. The molecule has 0 spiro atoms. The van der Waals surface area contributed by atoms with Gasteiger partial charge < -0.3 is 14.8 Å². The third kappa shape index (κ3) is 3.57. The van der Waals surface area contributed by atoms with Crippen molar-refractivity contribution in [1.29, 1.82) is 0 Å². The smallest absolute Gasteiger partial charge is 0.254 e. The molecule has 5 heteroatoms. The van der Waals surface area contributed by atoms with Gasteiger partial charge in [0.25, 0.3) is 5.91 Å². The molecular weight excluding hydrogens is 318 g/mol. The Balaban J connectivity index is 1.71. The van der Waals surface area contributed by atoms with E-state index in [1.54, 1.807) is 11.3 Å². The second-order valence-corrected chi connectivity index (χ2v) is 7.87. The van der Waals surface area contributed by atoms with E-state index in [9.17, 15) is 4.79 Å². The van der Waals surface area contributed by atoms with Gasteiger partial charge in [-0.25, -0.2) is 0 Å². The number of carbonyl (C=O) groups is 1. The van der Waals surface area contributed by atoms with Crippen molar-refractivity contribution in [3.63, 3.8) is 0 Å². The van der Waals surface area contributed by atoms with Crippen molar-refractivity contribution in [1.82, 2.24) is 14.8 Å². The van der Waals surface area contributed by atoms with Gasteiger partial charge in [-0.05, 0) is 63.4 Å². The number of nitrogens with zero attached hydrogens (tertiary/aromatic N) is 2. The Morgan fingerprint density at radius 2 is 2.08 bits per heavy atom. The molecule has 4 nitrogen and oxygen atoms in total. The molecule has 1 fully saturated rings. The van der Waals surface area contributed by atoms with Crippen LogP contribution in [0.1, 0.15) is 40.6 Å². The van der Waals surface area contributed by atoms with Crippen LogP contribution >= 0.6 is 11.3 Å². The molecule has 1 aliphatic heterocycles. The van der Waals surface area contributed by atoms with Gasteiger partial charge in [0.1, 0.15) is 5.00 Å². The lowest BCUT2D eigenvalue weighted by atomic mass is 9.98. The average molecular weight is 346 g/mol. The highest BCUT2D eigenvalue weighted by molar-refractivity contribution is 7.15. The van der Waals surface area contributed by atoms with E-state index in [2.05, 4.69) is 24.1 Å². The minimum atomic E-state index is 0.0640. The molecule has 0 aliphatic carbocycles. The first-order valence-electron chi connectivity index (χ1n) is 8.84. The zero-order valence-corrected chi connectivity index (χ0v) is 15.7. The molecule has 3 rings (SSSR count). The highest BCUT2D eigenvalue weighted by Crippen LogP contribution is 2.31. The lowest BCUT2D eigenvalue weighted by Gasteiger charge is -2.31. The minimum Gasteiger partial charge on any atom is -0.352 e. The van der Waals surface area contributed by atoms with E-state index < -0.39 is 0 Å². The third-order valence-electron chi connectivity index (χ3n) is 5.03. The molecule has 3 heterocycles. The second-order valence-electron chi connectivity index (χ2n) is 6.67. The highest BCUT2D eigenvalue weighted by Gasteiger charge is 2.23. The van der Waals surface area contributed by atoms with Crippen LogP contribution in [0.5, 0.6) is 0 Å². The van der Waals surface area contributed by atoms with Gasteiger partial charge in [0.15, 0.2) is 0 Å². The maximum absolute atomic E-state index is 12.9. The first-order chi connectivity index (χ1) is 11.6. The molecule has 1 N–H and O–H groups in total. The van der Waals surface area contributed by atoms with E-state index in [0.717, 1.165) is 35.8 Å². The van der Waals surface area contributed by atoms with Crippen LogP contribution in [0.15, 0.2) is 24.5 Å². The molecule has 24 heavy (non-hydrogen) atoms. The fourth-order valence-electron chi connectivity index (χ4n) is 3.46. The van der Waals surface area contributed by atoms with Crippen molar-refractivity contribution in [2.45, 2.75) is 33.6 Å². The predicted octanol–water partition coefficient (Wildman–Crippen LogP) is 3.62. The molecule has 1 amide bonds. The minimum absolute atomic E-state index is 0.0640. The van der Waals surface area contributed by atoms with Crippen LogP contribution in [0.4, 0.5) is 0 Å². The molecule has 0 bridgehead atoms. The molecule has 2 aromatic rings. The monoisotopic (exact) mass is 345 g/mol. The summed E-state index contributed by atoms with van der Waals surface area (Å²) in [4.78, 5) is 16.5. The maximum Gasteiger partial charge on any atom is 0.254 e. The molecule has 2 aromatic heterocycles. The Morgan fingerprint density at radius 1 is 1.33 bits per heavy atom. The van der Waals surface area contributed by atoms with Crippen LogP contribution in [0, 0.1) is 19.8 Å². The van der Waals surface area contributed by atoms with E-state index in [1.165, 1.54) is 24.3 Å². The van der Waals surface area contributed by atoms with Gasteiger partial charge >= 0.3 is 0 Å². The van der Waals surface area contributed by atoms with Crippen molar-refractivity contribution in [3.05, 3.63) is 40.5 Å².